The van der Waals surface area contributed by atoms with E-state index in [1.54, 1.807) is 4.90 Å². The molecule has 1 aliphatic heterocycles. The fourth-order valence-electron chi connectivity index (χ4n) is 3.33. The zero-order valence-corrected chi connectivity index (χ0v) is 16.2. The monoisotopic (exact) mass is 366 g/mol. The molecule has 0 aliphatic carbocycles. The second kappa shape index (κ2) is 8.25. The van der Waals surface area contributed by atoms with Crippen LogP contribution in [0.15, 0.2) is 42.5 Å². The van der Waals surface area contributed by atoms with Crippen LogP contribution in [-0.4, -0.2) is 54.4 Å². The van der Waals surface area contributed by atoms with Crippen molar-refractivity contribution in [3.05, 3.63) is 64.7 Å². The summed E-state index contributed by atoms with van der Waals surface area (Å²) in [4.78, 5) is 28.8. The molecule has 1 saturated heterocycles. The molecule has 0 spiro atoms. The van der Waals surface area contributed by atoms with Gasteiger partial charge in [-0.25, -0.2) is 0 Å². The molecule has 0 unspecified atom stereocenters. The first-order chi connectivity index (χ1) is 13.0. The second-order valence-electron chi connectivity index (χ2n) is 7.05. The highest BCUT2D eigenvalue weighted by Gasteiger charge is 2.25. The first kappa shape index (κ1) is 19.0. The molecule has 27 heavy (non-hydrogen) atoms. The van der Waals surface area contributed by atoms with Crippen molar-refractivity contribution in [3.8, 4) is 5.75 Å². The number of carbonyl (C=O) groups is 2. The lowest BCUT2D eigenvalue weighted by Gasteiger charge is -2.35. The van der Waals surface area contributed by atoms with Gasteiger partial charge < -0.3 is 14.5 Å². The van der Waals surface area contributed by atoms with Gasteiger partial charge in [-0.05, 0) is 44.0 Å². The van der Waals surface area contributed by atoms with Gasteiger partial charge in [-0.2, -0.15) is 0 Å². The number of rotatable bonds is 4. The third-order valence-corrected chi connectivity index (χ3v) is 4.98. The van der Waals surface area contributed by atoms with Gasteiger partial charge in [0.2, 0.25) is 0 Å². The average molecular weight is 366 g/mol. The van der Waals surface area contributed by atoms with Crippen LogP contribution in [0, 0.1) is 20.8 Å². The van der Waals surface area contributed by atoms with E-state index in [0.717, 1.165) is 28.0 Å². The summed E-state index contributed by atoms with van der Waals surface area (Å²) in [6.07, 6.45) is 0. The van der Waals surface area contributed by atoms with Crippen LogP contribution < -0.4 is 4.74 Å². The van der Waals surface area contributed by atoms with E-state index >= 15 is 0 Å². The van der Waals surface area contributed by atoms with Crippen LogP contribution in [0.5, 0.6) is 5.75 Å². The molecule has 0 bridgehead atoms. The van der Waals surface area contributed by atoms with Crippen LogP contribution in [0.2, 0.25) is 0 Å². The maximum absolute atomic E-state index is 12.8. The highest BCUT2D eigenvalue weighted by atomic mass is 16.5. The Morgan fingerprint density at radius 3 is 2.22 bits per heavy atom. The quantitative estimate of drug-likeness (QED) is 0.836. The number of hydrogen-bond acceptors (Lipinski definition) is 3. The number of ether oxygens (including phenoxy) is 1. The molecule has 2 amide bonds. The maximum Gasteiger partial charge on any atom is 0.260 e. The smallest absolute Gasteiger partial charge is 0.260 e. The summed E-state index contributed by atoms with van der Waals surface area (Å²) in [7, 11) is 0. The van der Waals surface area contributed by atoms with Crippen molar-refractivity contribution < 1.29 is 14.3 Å². The zero-order chi connectivity index (χ0) is 19.4. The Morgan fingerprint density at radius 2 is 1.56 bits per heavy atom. The summed E-state index contributed by atoms with van der Waals surface area (Å²) in [6, 6.07) is 13.5. The van der Waals surface area contributed by atoms with Crippen molar-refractivity contribution in [3.63, 3.8) is 0 Å². The fourth-order valence-corrected chi connectivity index (χ4v) is 3.33. The standard InChI is InChI=1S/C22H26N2O3/c1-16-8-9-19(18(3)14-16)22(26)24-12-10-23(11-13-24)21(25)15-27-20-7-5-4-6-17(20)2/h4-9,14H,10-13,15H2,1-3H3. The minimum Gasteiger partial charge on any atom is -0.484 e. The lowest BCUT2D eigenvalue weighted by Crippen LogP contribution is -2.51. The van der Waals surface area contributed by atoms with E-state index in [-0.39, 0.29) is 18.4 Å². The number of piperazine rings is 1. The molecular weight excluding hydrogens is 340 g/mol. The first-order valence-corrected chi connectivity index (χ1v) is 9.28. The molecule has 0 saturated carbocycles. The van der Waals surface area contributed by atoms with Gasteiger partial charge in [-0.3, -0.25) is 9.59 Å². The van der Waals surface area contributed by atoms with Gasteiger partial charge in [0, 0.05) is 31.7 Å². The van der Waals surface area contributed by atoms with E-state index in [1.165, 1.54) is 0 Å². The first-order valence-electron chi connectivity index (χ1n) is 9.28. The Labute approximate surface area is 160 Å². The summed E-state index contributed by atoms with van der Waals surface area (Å²) in [6.45, 7) is 8.12. The largest absolute Gasteiger partial charge is 0.484 e. The highest BCUT2D eigenvalue weighted by Crippen LogP contribution is 2.17. The average Bonchev–Trinajstić information content (AvgIpc) is 2.67. The van der Waals surface area contributed by atoms with E-state index in [2.05, 4.69) is 0 Å². The Bertz CT molecular complexity index is 839. The Morgan fingerprint density at radius 1 is 0.889 bits per heavy atom. The minimum atomic E-state index is -0.0446. The lowest BCUT2D eigenvalue weighted by atomic mass is 10.0. The van der Waals surface area contributed by atoms with Crippen LogP contribution in [0.3, 0.4) is 0 Å². The second-order valence-corrected chi connectivity index (χ2v) is 7.05. The molecule has 2 aromatic rings. The molecule has 3 rings (SSSR count). The number of benzene rings is 2. The van der Waals surface area contributed by atoms with Crippen molar-refractivity contribution in [1.29, 1.82) is 0 Å². The number of nitrogens with zero attached hydrogens (tertiary/aromatic N) is 2. The number of aryl methyl sites for hydroxylation is 3. The van der Waals surface area contributed by atoms with Crippen molar-refractivity contribution >= 4 is 11.8 Å². The molecule has 0 N–H and O–H groups in total. The van der Waals surface area contributed by atoms with Crippen LogP contribution in [-0.2, 0) is 4.79 Å². The number of carbonyl (C=O) groups excluding carboxylic acids is 2. The summed E-state index contributed by atoms with van der Waals surface area (Å²) in [5, 5.41) is 0. The van der Waals surface area contributed by atoms with E-state index in [4.69, 9.17) is 4.74 Å². The van der Waals surface area contributed by atoms with Crippen molar-refractivity contribution in [1.82, 2.24) is 9.80 Å². The van der Waals surface area contributed by atoms with Crippen molar-refractivity contribution in [2.45, 2.75) is 20.8 Å². The van der Waals surface area contributed by atoms with E-state index in [9.17, 15) is 9.59 Å². The van der Waals surface area contributed by atoms with Gasteiger partial charge in [-0.1, -0.05) is 35.9 Å². The number of para-hydroxylation sites is 1. The molecule has 0 radical (unpaired) electrons. The lowest BCUT2D eigenvalue weighted by molar-refractivity contribution is -0.134. The molecule has 1 aliphatic rings. The van der Waals surface area contributed by atoms with Gasteiger partial charge in [0.25, 0.3) is 11.8 Å². The Kier molecular flexibility index (Phi) is 5.79. The normalized spacial score (nSPS) is 14.2. The fraction of sp³-hybridized carbons (Fsp3) is 0.364. The highest BCUT2D eigenvalue weighted by molar-refractivity contribution is 5.96. The van der Waals surface area contributed by atoms with Gasteiger partial charge in [0.05, 0.1) is 0 Å². The molecule has 5 nitrogen and oxygen atoms in total. The minimum absolute atomic E-state index is 0.0237. The predicted octanol–water partition coefficient (Wildman–Crippen LogP) is 2.98. The molecule has 1 heterocycles. The van der Waals surface area contributed by atoms with E-state index in [1.807, 2.05) is 68.1 Å². The maximum atomic E-state index is 12.8. The molecule has 142 valence electrons. The van der Waals surface area contributed by atoms with Gasteiger partial charge in [0.1, 0.15) is 5.75 Å². The van der Waals surface area contributed by atoms with Crippen molar-refractivity contribution in [2.24, 2.45) is 0 Å². The third-order valence-electron chi connectivity index (χ3n) is 4.98. The van der Waals surface area contributed by atoms with Gasteiger partial charge in [0.15, 0.2) is 6.61 Å². The number of hydrogen-bond donors (Lipinski definition) is 0. The molecular formula is C22H26N2O3. The molecule has 2 aromatic carbocycles. The third kappa shape index (κ3) is 4.48. The number of amides is 2. The van der Waals surface area contributed by atoms with Gasteiger partial charge >= 0.3 is 0 Å². The summed E-state index contributed by atoms with van der Waals surface area (Å²) >= 11 is 0. The topological polar surface area (TPSA) is 49.9 Å². The molecule has 0 aromatic heterocycles. The molecule has 0 atom stereocenters. The van der Waals surface area contributed by atoms with E-state index in [0.29, 0.717) is 26.2 Å². The van der Waals surface area contributed by atoms with Crippen LogP contribution >= 0.6 is 0 Å². The Balaban J connectivity index is 1.53. The molecule has 5 heteroatoms. The van der Waals surface area contributed by atoms with Crippen LogP contribution in [0.4, 0.5) is 0 Å². The SMILES string of the molecule is Cc1ccc(C(=O)N2CCN(C(=O)COc3ccccc3C)CC2)c(C)c1. The van der Waals surface area contributed by atoms with Crippen molar-refractivity contribution in [2.75, 3.05) is 32.8 Å². The summed E-state index contributed by atoms with van der Waals surface area (Å²) in [5.41, 5.74) is 3.88. The summed E-state index contributed by atoms with van der Waals surface area (Å²) < 4.78 is 5.65. The van der Waals surface area contributed by atoms with Crippen LogP contribution in [0.25, 0.3) is 0 Å². The zero-order valence-electron chi connectivity index (χ0n) is 16.2. The van der Waals surface area contributed by atoms with Crippen LogP contribution in [0.1, 0.15) is 27.0 Å². The molecule has 1 fully saturated rings. The summed E-state index contributed by atoms with van der Waals surface area (Å²) in [5.74, 6) is 0.724. The van der Waals surface area contributed by atoms with E-state index < -0.39 is 0 Å². The van der Waals surface area contributed by atoms with Gasteiger partial charge in [-0.15, -0.1) is 0 Å². The predicted molar refractivity (Wildman–Crippen MR) is 105 cm³/mol. The Hall–Kier alpha value is -2.82.